The van der Waals surface area contributed by atoms with Crippen molar-refractivity contribution in [3.8, 4) is 11.5 Å². The molecule has 2 nitrogen and oxygen atoms in total. The third-order valence-corrected chi connectivity index (χ3v) is 3.70. The molecule has 106 valence electrons. The van der Waals surface area contributed by atoms with Crippen LogP contribution in [0.25, 0.3) is 0 Å². The quantitative estimate of drug-likeness (QED) is 0.778. The first-order chi connectivity index (χ1) is 9.69. The summed E-state index contributed by atoms with van der Waals surface area (Å²) in [5.41, 5.74) is 1.18. The van der Waals surface area contributed by atoms with Crippen LogP contribution in [0.15, 0.2) is 53.4 Å². The minimum atomic E-state index is 0.462. The van der Waals surface area contributed by atoms with Crippen LogP contribution in [-0.2, 0) is 6.54 Å². The first-order valence-corrected chi connectivity index (χ1v) is 8.04. The topological polar surface area (TPSA) is 21.3 Å². The number of nitrogens with one attached hydrogen (secondary N) is 1. The fourth-order valence-corrected chi connectivity index (χ4v) is 2.24. The van der Waals surface area contributed by atoms with E-state index in [0.29, 0.717) is 6.04 Å². The molecule has 0 unspecified atom stereocenters. The van der Waals surface area contributed by atoms with E-state index >= 15 is 0 Å². The monoisotopic (exact) mass is 287 g/mol. The van der Waals surface area contributed by atoms with Crippen LogP contribution >= 0.6 is 11.8 Å². The average Bonchev–Trinajstić information content (AvgIpc) is 2.47. The predicted octanol–water partition coefficient (Wildman–Crippen LogP) is 4.70. The van der Waals surface area contributed by atoms with Gasteiger partial charge in [0.15, 0.2) is 0 Å². The van der Waals surface area contributed by atoms with Gasteiger partial charge in [-0.1, -0.05) is 32.0 Å². The molecule has 0 radical (unpaired) electrons. The van der Waals surface area contributed by atoms with E-state index in [2.05, 4.69) is 43.6 Å². The van der Waals surface area contributed by atoms with Crippen LogP contribution in [0.1, 0.15) is 19.4 Å². The SMILES string of the molecule is CSc1ccc(Oc2ccccc2CNC(C)C)cc1. The molecule has 0 bridgehead atoms. The Hall–Kier alpha value is -1.45. The lowest BCUT2D eigenvalue weighted by molar-refractivity contribution is 0.469. The predicted molar refractivity (Wildman–Crippen MR) is 86.7 cm³/mol. The average molecular weight is 287 g/mol. The van der Waals surface area contributed by atoms with E-state index < -0.39 is 0 Å². The van der Waals surface area contributed by atoms with Crippen molar-refractivity contribution in [3.05, 3.63) is 54.1 Å². The molecule has 0 spiro atoms. The van der Waals surface area contributed by atoms with E-state index in [0.717, 1.165) is 18.0 Å². The van der Waals surface area contributed by atoms with Gasteiger partial charge < -0.3 is 10.1 Å². The second kappa shape index (κ2) is 7.36. The molecule has 0 aromatic heterocycles. The molecule has 0 aliphatic rings. The molecule has 0 fully saturated rings. The van der Waals surface area contributed by atoms with Crippen LogP contribution in [0.3, 0.4) is 0 Å². The number of thioether (sulfide) groups is 1. The molecule has 2 rings (SSSR count). The molecule has 0 aliphatic heterocycles. The molecule has 2 aromatic carbocycles. The standard InChI is InChI=1S/C17H21NOS/c1-13(2)18-12-14-6-4-5-7-17(14)19-15-8-10-16(20-3)11-9-15/h4-11,13,18H,12H2,1-3H3. The molecule has 20 heavy (non-hydrogen) atoms. The van der Waals surface area contributed by atoms with E-state index in [1.807, 2.05) is 30.3 Å². The molecule has 0 saturated heterocycles. The highest BCUT2D eigenvalue weighted by Crippen LogP contribution is 2.27. The zero-order valence-corrected chi connectivity index (χ0v) is 13.0. The van der Waals surface area contributed by atoms with Gasteiger partial charge in [0.05, 0.1) is 0 Å². The Balaban J connectivity index is 2.11. The van der Waals surface area contributed by atoms with Crippen molar-refractivity contribution in [3.63, 3.8) is 0 Å². The van der Waals surface area contributed by atoms with E-state index in [1.54, 1.807) is 11.8 Å². The van der Waals surface area contributed by atoms with Crippen LogP contribution < -0.4 is 10.1 Å². The van der Waals surface area contributed by atoms with E-state index in [-0.39, 0.29) is 0 Å². The lowest BCUT2D eigenvalue weighted by atomic mass is 10.2. The van der Waals surface area contributed by atoms with Gasteiger partial charge in [-0.15, -0.1) is 11.8 Å². The van der Waals surface area contributed by atoms with E-state index in [9.17, 15) is 0 Å². The number of hydrogen-bond donors (Lipinski definition) is 1. The van der Waals surface area contributed by atoms with Gasteiger partial charge in [-0.25, -0.2) is 0 Å². The number of para-hydroxylation sites is 1. The van der Waals surface area contributed by atoms with Crippen LogP contribution in [0.2, 0.25) is 0 Å². The fraction of sp³-hybridized carbons (Fsp3) is 0.294. The molecule has 0 atom stereocenters. The maximum Gasteiger partial charge on any atom is 0.131 e. The summed E-state index contributed by atoms with van der Waals surface area (Å²) in [5, 5.41) is 3.42. The van der Waals surface area contributed by atoms with Gasteiger partial charge in [0.25, 0.3) is 0 Å². The van der Waals surface area contributed by atoms with Gasteiger partial charge >= 0.3 is 0 Å². The number of rotatable bonds is 6. The first-order valence-electron chi connectivity index (χ1n) is 6.82. The summed E-state index contributed by atoms with van der Waals surface area (Å²) in [6, 6.07) is 16.8. The fourth-order valence-electron chi connectivity index (χ4n) is 1.83. The smallest absolute Gasteiger partial charge is 0.131 e. The molecule has 0 amide bonds. The molecular weight excluding hydrogens is 266 g/mol. The van der Waals surface area contributed by atoms with Gasteiger partial charge in [0, 0.05) is 23.0 Å². The summed E-state index contributed by atoms with van der Waals surface area (Å²) in [4.78, 5) is 1.24. The number of hydrogen-bond acceptors (Lipinski definition) is 3. The Morgan fingerprint density at radius 2 is 1.75 bits per heavy atom. The molecule has 2 aromatic rings. The Kier molecular flexibility index (Phi) is 5.50. The first kappa shape index (κ1) is 14.9. The lowest BCUT2D eigenvalue weighted by Gasteiger charge is -2.13. The second-order valence-corrected chi connectivity index (χ2v) is 5.80. The maximum absolute atomic E-state index is 5.99. The molecular formula is C17H21NOS. The van der Waals surface area contributed by atoms with Crippen molar-refractivity contribution in [2.24, 2.45) is 0 Å². The van der Waals surface area contributed by atoms with Gasteiger partial charge in [0.2, 0.25) is 0 Å². The van der Waals surface area contributed by atoms with Crippen molar-refractivity contribution >= 4 is 11.8 Å². The van der Waals surface area contributed by atoms with Crippen LogP contribution in [-0.4, -0.2) is 12.3 Å². The highest BCUT2D eigenvalue weighted by atomic mass is 32.2. The molecule has 0 heterocycles. The number of benzene rings is 2. The summed E-state index contributed by atoms with van der Waals surface area (Å²) >= 11 is 1.73. The zero-order chi connectivity index (χ0) is 14.4. The molecule has 0 aliphatic carbocycles. The van der Waals surface area contributed by atoms with Gasteiger partial charge in [-0.2, -0.15) is 0 Å². The number of ether oxygens (including phenoxy) is 1. The normalized spacial score (nSPS) is 10.8. The minimum Gasteiger partial charge on any atom is -0.457 e. The third kappa shape index (κ3) is 4.29. The third-order valence-electron chi connectivity index (χ3n) is 2.96. The Morgan fingerprint density at radius 3 is 2.40 bits per heavy atom. The molecule has 3 heteroatoms. The Bertz CT molecular complexity index is 537. The van der Waals surface area contributed by atoms with Crippen molar-refractivity contribution in [2.45, 2.75) is 31.3 Å². The van der Waals surface area contributed by atoms with Gasteiger partial charge in [0.1, 0.15) is 11.5 Å². The highest BCUT2D eigenvalue weighted by Gasteiger charge is 2.05. The van der Waals surface area contributed by atoms with Crippen molar-refractivity contribution in [1.29, 1.82) is 0 Å². The lowest BCUT2D eigenvalue weighted by Crippen LogP contribution is -2.22. The van der Waals surface area contributed by atoms with Crippen LogP contribution in [0, 0.1) is 0 Å². The Morgan fingerprint density at radius 1 is 1.05 bits per heavy atom. The van der Waals surface area contributed by atoms with Crippen molar-refractivity contribution in [1.82, 2.24) is 5.32 Å². The Labute approximate surface area is 125 Å². The summed E-state index contributed by atoms with van der Waals surface area (Å²) in [7, 11) is 0. The summed E-state index contributed by atoms with van der Waals surface area (Å²) in [6.45, 7) is 5.10. The van der Waals surface area contributed by atoms with Crippen molar-refractivity contribution in [2.75, 3.05) is 6.26 Å². The summed E-state index contributed by atoms with van der Waals surface area (Å²) < 4.78 is 5.99. The van der Waals surface area contributed by atoms with Crippen LogP contribution in [0.4, 0.5) is 0 Å². The van der Waals surface area contributed by atoms with Crippen LogP contribution in [0.5, 0.6) is 11.5 Å². The van der Waals surface area contributed by atoms with E-state index in [1.165, 1.54) is 10.5 Å². The molecule has 1 N–H and O–H groups in total. The van der Waals surface area contributed by atoms with Gasteiger partial charge in [-0.05, 0) is 36.6 Å². The minimum absolute atomic E-state index is 0.462. The van der Waals surface area contributed by atoms with E-state index in [4.69, 9.17) is 4.74 Å². The summed E-state index contributed by atoms with van der Waals surface area (Å²) in [6.07, 6.45) is 2.07. The van der Waals surface area contributed by atoms with Gasteiger partial charge in [-0.3, -0.25) is 0 Å². The zero-order valence-electron chi connectivity index (χ0n) is 12.2. The summed E-state index contributed by atoms with van der Waals surface area (Å²) in [5.74, 6) is 1.79. The van der Waals surface area contributed by atoms with Crippen molar-refractivity contribution < 1.29 is 4.74 Å². The largest absolute Gasteiger partial charge is 0.457 e. The second-order valence-electron chi connectivity index (χ2n) is 4.92. The molecule has 0 saturated carbocycles. The maximum atomic E-state index is 5.99. The highest BCUT2D eigenvalue weighted by molar-refractivity contribution is 7.98.